The van der Waals surface area contributed by atoms with Gasteiger partial charge in [0.05, 0.1) is 0 Å². The van der Waals surface area contributed by atoms with E-state index in [4.69, 9.17) is 5.73 Å². The third-order valence-electron chi connectivity index (χ3n) is 2.61. The molecule has 3 N–H and O–H groups in total. The first-order valence-corrected chi connectivity index (χ1v) is 4.90. The van der Waals surface area contributed by atoms with Gasteiger partial charge in [-0.1, -0.05) is 6.08 Å². The Bertz CT molecular complexity index is 126. The summed E-state index contributed by atoms with van der Waals surface area (Å²) in [7, 11) is 0. The second-order valence-corrected chi connectivity index (χ2v) is 3.73. The second-order valence-electron chi connectivity index (χ2n) is 3.73. The van der Waals surface area contributed by atoms with E-state index in [0.29, 0.717) is 6.04 Å². The fraction of sp³-hybridized carbons (Fsp3) is 0.800. The first-order valence-electron chi connectivity index (χ1n) is 4.90. The Kier molecular flexibility index (Phi) is 4.33. The normalized spacial score (nSPS) is 30.1. The van der Waals surface area contributed by atoms with Gasteiger partial charge in [-0.3, -0.25) is 0 Å². The highest BCUT2D eigenvalue weighted by atomic mass is 14.8. The topological polar surface area (TPSA) is 38.0 Å². The van der Waals surface area contributed by atoms with Crippen molar-refractivity contribution in [3.05, 3.63) is 12.7 Å². The molecule has 0 amide bonds. The quantitative estimate of drug-likeness (QED) is 0.490. The van der Waals surface area contributed by atoms with E-state index >= 15 is 0 Å². The van der Waals surface area contributed by atoms with Crippen LogP contribution in [0.1, 0.15) is 25.7 Å². The van der Waals surface area contributed by atoms with Crippen molar-refractivity contribution in [1.82, 2.24) is 5.32 Å². The van der Waals surface area contributed by atoms with Gasteiger partial charge in [0.25, 0.3) is 0 Å². The molecule has 1 fully saturated rings. The lowest BCUT2D eigenvalue weighted by Crippen LogP contribution is -2.31. The van der Waals surface area contributed by atoms with E-state index < -0.39 is 0 Å². The average Bonchev–Trinajstić information content (AvgIpc) is 2.09. The molecule has 1 saturated carbocycles. The first-order chi connectivity index (χ1) is 5.83. The highest BCUT2D eigenvalue weighted by Crippen LogP contribution is 2.22. The monoisotopic (exact) mass is 168 g/mol. The summed E-state index contributed by atoms with van der Waals surface area (Å²) in [6.07, 6.45) is 6.92. The predicted octanol–water partition coefficient (Wildman–Crippen LogP) is 1.28. The first kappa shape index (κ1) is 9.75. The van der Waals surface area contributed by atoms with Gasteiger partial charge >= 0.3 is 0 Å². The van der Waals surface area contributed by atoms with Crippen LogP contribution in [0.5, 0.6) is 0 Å². The van der Waals surface area contributed by atoms with Crippen molar-refractivity contribution in [3.8, 4) is 0 Å². The van der Waals surface area contributed by atoms with Crippen LogP contribution < -0.4 is 11.1 Å². The Hall–Kier alpha value is -0.340. The van der Waals surface area contributed by atoms with Crippen LogP contribution in [-0.2, 0) is 0 Å². The molecule has 0 aliphatic heterocycles. The van der Waals surface area contributed by atoms with Crippen LogP contribution in [0.2, 0.25) is 0 Å². The second kappa shape index (κ2) is 5.33. The SMILES string of the molecule is C=CCNCC1CCC(N)CC1. The van der Waals surface area contributed by atoms with E-state index in [2.05, 4.69) is 11.9 Å². The molecule has 0 heterocycles. The van der Waals surface area contributed by atoms with Crippen LogP contribution in [0.25, 0.3) is 0 Å². The highest BCUT2D eigenvalue weighted by molar-refractivity contribution is 4.77. The van der Waals surface area contributed by atoms with Gasteiger partial charge in [-0.15, -0.1) is 6.58 Å². The minimum Gasteiger partial charge on any atom is -0.328 e. The number of nitrogens with two attached hydrogens (primary N) is 1. The van der Waals surface area contributed by atoms with Crippen LogP contribution in [-0.4, -0.2) is 19.1 Å². The molecular weight excluding hydrogens is 148 g/mol. The van der Waals surface area contributed by atoms with E-state index in [1.807, 2.05) is 6.08 Å². The van der Waals surface area contributed by atoms with Gasteiger partial charge in [0.1, 0.15) is 0 Å². The zero-order chi connectivity index (χ0) is 8.81. The average molecular weight is 168 g/mol. The largest absolute Gasteiger partial charge is 0.328 e. The fourth-order valence-electron chi connectivity index (χ4n) is 1.78. The Morgan fingerprint density at radius 1 is 1.33 bits per heavy atom. The third-order valence-corrected chi connectivity index (χ3v) is 2.61. The molecule has 0 aromatic carbocycles. The lowest BCUT2D eigenvalue weighted by molar-refractivity contribution is 0.318. The van der Waals surface area contributed by atoms with Gasteiger partial charge in [0.2, 0.25) is 0 Å². The molecule has 2 heteroatoms. The summed E-state index contributed by atoms with van der Waals surface area (Å²) >= 11 is 0. The summed E-state index contributed by atoms with van der Waals surface area (Å²) in [5.74, 6) is 0.852. The van der Waals surface area contributed by atoms with Crippen molar-refractivity contribution in [2.45, 2.75) is 31.7 Å². The Morgan fingerprint density at radius 3 is 2.58 bits per heavy atom. The minimum absolute atomic E-state index is 0.473. The molecule has 0 unspecified atom stereocenters. The molecule has 1 aliphatic rings. The summed E-state index contributed by atoms with van der Waals surface area (Å²) in [4.78, 5) is 0. The van der Waals surface area contributed by atoms with Crippen LogP contribution in [0.15, 0.2) is 12.7 Å². The standard InChI is InChI=1S/C10H20N2/c1-2-7-12-8-9-3-5-10(11)6-4-9/h2,9-10,12H,1,3-8,11H2. The maximum Gasteiger partial charge on any atom is 0.0132 e. The van der Waals surface area contributed by atoms with Crippen LogP contribution in [0.3, 0.4) is 0 Å². The maximum absolute atomic E-state index is 5.82. The molecule has 12 heavy (non-hydrogen) atoms. The van der Waals surface area contributed by atoms with Gasteiger partial charge in [0.15, 0.2) is 0 Å². The van der Waals surface area contributed by atoms with Gasteiger partial charge in [-0.05, 0) is 38.1 Å². The lowest BCUT2D eigenvalue weighted by atomic mass is 9.86. The van der Waals surface area contributed by atoms with Gasteiger partial charge in [-0.2, -0.15) is 0 Å². The summed E-state index contributed by atoms with van der Waals surface area (Å²) in [5.41, 5.74) is 5.82. The summed E-state index contributed by atoms with van der Waals surface area (Å²) < 4.78 is 0. The zero-order valence-electron chi connectivity index (χ0n) is 7.76. The molecular formula is C10H20N2. The van der Waals surface area contributed by atoms with E-state index in [1.54, 1.807) is 0 Å². The van der Waals surface area contributed by atoms with Crippen molar-refractivity contribution in [1.29, 1.82) is 0 Å². The van der Waals surface area contributed by atoms with E-state index in [-0.39, 0.29) is 0 Å². The van der Waals surface area contributed by atoms with Crippen LogP contribution in [0.4, 0.5) is 0 Å². The van der Waals surface area contributed by atoms with Gasteiger partial charge < -0.3 is 11.1 Å². The van der Waals surface area contributed by atoms with Crippen molar-refractivity contribution in [2.75, 3.05) is 13.1 Å². The molecule has 0 radical (unpaired) electrons. The number of hydrogen-bond donors (Lipinski definition) is 2. The molecule has 0 saturated heterocycles. The molecule has 2 nitrogen and oxygen atoms in total. The number of nitrogens with one attached hydrogen (secondary N) is 1. The van der Waals surface area contributed by atoms with Crippen LogP contribution >= 0.6 is 0 Å². The molecule has 0 bridgehead atoms. The van der Waals surface area contributed by atoms with Crippen molar-refractivity contribution >= 4 is 0 Å². The lowest BCUT2D eigenvalue weighted by Gasteiger charge is -2.25. The maximum atomic E-state index is 5.82. The highest BCUT2D eigenvalue weighted by Gasteiger charge is 2.17. The van der Waals surface area contributed by atoms with E-state index in [9.17, 15) is 0 Å². The summed E-state index contributed by atoms with van der Waals surface area (Å²) in [5, 5.41) is 3.36. The number of hydrogen-bond acceptors (Lipinski definition) is 2. The van der Waals surface area contributed by atoms with Crippen molar-refractivity contribution in [2.24, 2.45) is 11.7 Å². The van der Waals surface area contributed by atoms with Crippen LogP contribution in [0, 0.1) is 5.92 Å². The molecule has 70 valence electrons. The Morgan fingerprint density at radius 2 is 2.00 bits per heavy atom. The van der Waals surface area contributed by atoms with E-state index in [1.165, 1.54) is 25.7 Å². The Labute approximate surface area is 75.2 Å². The third kappa shape index (κ3) is 3.37. The zero-order valence-corrected chi connectivity index (χ0v) is 7.76. The summed E-state index contributed by atoms with van der Waals surface area (Å²) in [6, 6.07) is 0.473. The minimum atomic E-state index is 0.473. The molecule has 1 aliphatic carbocycles. The fourth-order valence-corrected chi connectivity index (χ4v) is 1.78. The smallest absolute Gasteiger partial charge is 0.0132 e. The molecule has 0 aromatic rings. The van der Waals surface area contributed by atoms with Gasteiger partial charge in [-0.25, -0.2) is 0 Å². The van der Waals surface area contributed by atoms with Crippen molar-refractivity contribution < 1.29 is 0 Å². The predicted molar refractivity (Wildman–Crippen MR) is 53.0 cm³/mol. The Balaban J connectivity index is 2.05. The van der Waals surface area contributed by atoms with Crippen molar-refractivity contribution in [3.63, 3.8) is 0 Å². The molecule has 0 aromatic heterocycles. The van der Waals surface area contributed by atoms with Gasteiger partial charge in [0, 0.05) is 12.6 Å². The molecule has 0 spiro atoms. The number of rotatable bonds is 4. The molecule has 1 rings (SSSR count). The molecule has 0 atom stereocenters. The summed E-state index contributed by atoms with van der Waals surface area (Å²) in [6.45, 7) is 5.74. The van der Waals surface area contributed by atoms with E-state index in [0.717, 1.165) is 19.0 Å².